The molecule has 5 heteroatoms. The van der Waals surface area contributed by atoms with Gasteiger partial charge in [-0.3, -0.25) is 4.79 Å². The molecule has 22 heavy (non-hydrogen) atoms. The van der Waals surface area contributed by atoms with Gasteiger partial charge < -0.3 is 9.47 Å². The largest absolute Gasteiger partial charge is 0.336 e. The lowest BCUT2D eigenvalue weighted by molar-refractivity contribution is 0.0728. The minimum absolute atomic E-state index is 0.105. The topological polar surface area (TPSA) is 38.1 Å². The van der Waals surface area contributed by atoms with Crippen LogP contribution >= 0.6 is 11.3 Å². The van der Waals surface area contributed by atoms with Crippen LogP contribution in [0.1, 0.15) is 65.4 Å². The monoisotopic (exact) mass is 317 g/mol. The van der Waals surface area contributed by atoms with Gasteiger partial charge in [-0.1, -0.05) is 13.8 Å². The van der Waals surface area contributed by atoms with Crippen LogP contribution < -0.4 is 0 Å². The van der Waals surface area contributed by atoms with Crippen LogP contribution in [0.4, 0.5) is 0 Å². The van der Waals surface area contributed by atoms with Gasteiger partial charge in [0.2, 0.25) is 0 Å². The highest BCUT2D eigenvalue weighted by molar-refractivity contribution is 7.10. The molecule has 1 atom stereocenters. The summed E-state index contributed by atoms with van der Waals surface area (Å²) in [6, 6.07) is 2.16. The molecule has 0 bridgehead atoms. The van der Waals surface area contributed by atoms with E-state index in [1.54, 1.807) is 11.3 Å². The predicted octanol–water partition coefficient (Wildman–Crippen LogP) is 3.89. The molecular formula is C17H23N3OS. The summed E-state index contributed by atoms with van der Waals surface area (Å²) in [6.07, 6.45) is 4.07. The van der Waals surface area contributed by atoms with Crippen molar-refractivity contribution in [2.24, 2.45) is 7.05 Å². The molecule has 3 rings (SSSR count). The fourth-order valence-electron chi connectivity index (χ4n) is 3.16. The Balaban J connectivity index is 1.86. The Bertz CT molecular complexity index is 686. The van der Waals surface area contributed by atoms with E-state index < -0.39 is 0 Å². The average molecular weight is 317 g/mol. The minimum Gasteiger partial charge on any atom is -0.336 e. The van der Waals surface area contributed by atoms with Gasteiger partial charge in [0.1, 0.15) is 5.82 Å². The Morgan fingerprint density at radius 2 is 2.23 bits per heavy atom. The van der Waals surface area contributed by atoms with E-state index >= 15 is 0 Å². The van der Waals surface area contributed by atoms with Gasteiger partial charge in [0.25, 0.3) is 5.91 Å². The Morgan fingerprint density at radius 3 is 2.82 bits per heavy atom. The lowest BCUT2D eigenvalue weighted by Crippen LogP contribution is -2.31. The van der Waals surface area contributed by atoms with Crippen molar-refractivity contribution in [2.45, 2.75) is 45.6 Å². The highest BCUT2D eigenvalue weighted by Crippen LogP contribution is 2.33. The summed E-state index contributed by atoms with van der Waals surface area (Å²) in [4.78, 5) is 20.8. The normalized spacial score (nSPS) is 18.4. The summed E-state index contributed by atoms with van der Waals surface area (Å²) in [6.45, 7) is 7.14. The lowest BCUT2D eigenvalue weighted by Gasteiger charge is -2.24. The number of carbonyl (C=O) groups is 1. The summed E-state index contributed by atoms with van der Waals surface area (Å²) in [7, 11) is 2.01. The molecule has 0 unspecified atom stereocenters. The molecular weight excluding hydrogens is 294 g/mol. The first-order valence-corrected chi connectivity index (χ1v) is 8.74. The number of aryl methyl sites for hydroxylation is 2. The summed E-state index contributed by atoms with van der Waals surface area (Å²) in [5.41, 5.74) is 1.83. The maximum Gasteiger partial charge on any atom is 0.255 e. The van der Waals surface area contributed by atoms with E-state index in [0.717, 1.165) is 36.5 Å². The van der Waals surface area contributed by atoms with Crippen molar-refractivity contribution in [3.63, 3.8) is 0 Å². The Morgan fingerprint density at radius 1 is 1.45 bits per heavy atom. The van der Waals surface area contributed by atoms with Crippen molar-refractivity contribution < 1.29 is 4.79 Å². The molecule has 3 heterocycles. The number of imidazole rings is 1. The molecule has 0 saturated carbocycles. The average Bonchev–Trinajstić information content (AvgIpc) is 3.16. The maximum absolute atomic E-state index is 12.9. The van der Waals surface area contributed by atoms with Gasteiger partial charge in [-0.15, -0.1) is 11.3 Å². The third-order valence-electron chi connectivity index (χ3n) is 4.28. The van der Waals surface area contributed by atoms with Crippen LogP contribution in [-0.2, 0) is 7.05 Å². The first-order valence-electron chi connectivity index (χ1n) is 7.86. The zero-order valence-electron chi connectivity index (χ0n) is 13.7. The Hall–Kier alpha value is -1.62. The van der Waals surface area contributed by atoms with Gasteiger partial charge in [-0.25, -0.2) is 4.98 Å². The smallest absolute Gasteiger partial charge is 0.255 e. The zero-order chi connectivity index (χ0) is 15.9. The second kappa shape index (κ2) is 5.88. The molecule has 1 aliphatic heterocycles. The second-order valence-corrected chi connectivity index (χ2v) is 7.34. The van der Waals surface area contributed by atoms with Gasteiger partial charge in [-0.2, -0.15) is 0 Å². The number of thiophene rings is 1. The highest BCUT2D eigenvalue weighted by atomic mass is 32.1. The summed E-state index contributed by atoms with van der Waals surface area (Å²) < 4.78 is 2.05. The molecule has 118 valence electrons. The molecule has 0 radical (unpaired) electrons. The molecule has 1 saturated heterocycles. The number of hydrogen-bond donors (Lipinski definition) is 0. The van der Waals surface area contributed by atoms with Crippen molar-refractivity contribution in [3.8, 4) is 0 Å². The Labute approximate surface area is 135 Å². The van der Waals surface area contributed by atoms with E-state index in [-0.39, 0.29) is 11.9 Å². The van der Waals surface area contributed by atoms with E-state index in [1.165, 1.54) is 4.88 Å². The van der Waals surface area contributed by atoms with Gasteiger partial charge in [0, 0.05) is 30.0 Å². The Kier molecular flexibility index (Phi) is 4.08. The van der Waals surface area contributed by atoms with Gasteiger partial charge in [0.15, 0.2) is 0 Å². The number of rotatable bonds is 3. The van der Waals surface area contributed by atoms with Crippen molar-refractivity contribution in [2.75, 3.05) is 6.54 Å². The van der Waals surface area contributed by atoms with Crippen LogP contribution in [0, 0.1) is 6.92 Å². The first-order chi connectivity index (χ1) is 10.5. The van der Waals surface area contributed by atoms with E-state index in [2.05, 4.69) is 29.5 Å². The summed E-state index contributed by atoms with van der Waals surface area (Å²) >= 11 is 1.68. The highest BCUT2D eigenvalue weighted by Gasteiger charge is 2.33. The van der Waals surface area contributed by atoms with E-state index in [1.807, 2.05) is 30.4 Å². The fourth-order valence-corrected chi connectivity index (χ4v) is 4.06. The molecule has 2 aromatic heterocycles. The van der Waals surface area contributed by atoms with Gasteiger partial charge in [0.05, 0.1) is 17.3 Å². The lowest BCUT2D eigenvalue weighted by atomic mass is 10.1. The van der Waals surface area contributed by atoms with E-state index in [0.29, 0.717) is 5.92 Å². The molecule has 4 nitrogen and oxygen atoms in total. The molecule has 2 aromatic rings. The molecule has 1 amide bonds. The van der Waals surface area contributed by atoms with Crippen LogP contribution in [0.15, 0.2) is 17.6 Å². The standard InChI is InChI=1S/C17H23N3OS/c1-11(2)15-8-13(10-22-15)17(21)20-7-5-6-14(20)16-18-12(3)9-19(16)4/h8-11,14H,5-7H2,1-4H3/t14-/m1/s1. The maximum atomic E-state index is 12.9. The molecule has 0 aromatic carbocycles. The number of likely N-dealkylation sites (tertiary alicyclic amines) is 1. The molecule has 0 N–H and O–H groups in total. The van der Waals surface area contributed by atoms with Crippen molar-refractivity contribution in [3.05, 3.63) is 39.6 Å². The minimum atomic E-state index is 0.105. The third kappa shape index (κ3) is 2.70. The first kappa shape index (κ1) is 15.3. The fraction of sp³-hybridized carbons (Fsp3) is 0.529. The van der Waals surface area contributed by atoms with Crippen LogP contribution in [0.5, 0.6) is 0 Å². The molecule has 0 aliphatic carbocycles. The van der Waals surface area contributed by atoms with Crippen LogP contribution in [0.2, 0.25) is 0 Å². The molecule has 1 aliphatic rings. The molecule has 0 spiro atoms. The number of carbonyl (C=O) groups excluding carboxylic acids is 1. The van der Waals surface area contributed by atoms with Crippen LogP contribution in [0.25, 0.3) is 0 Å². The van der Waals surface area contributed by atoms with Crippen LogP contribution in [0.3, 0.4) is 0 Å². The van der Waals surface area contributed by atoms with Crippen molar-refractivity contribution in [1.29, 1.82) is 0 Å². The second-order valence-electron chi connectivity index (χ2n) is 6.40. The number of nitrogens with zero attached hydrogens (tertiary/aromatic N) is 3. The summed E-state index contributed by atoms with van der Waals surface area (Å²) in [5.74, 6) is 1.62. The predicted molar refractivity (Wildman–Crippen MR) is 89.4 cm³/mol. The van der Waals surface area contributed by atoms with Crippen molar-refractivity contribution in [1.82, 2.24) is 14.5 Å². The summed E-state index contributed by atoms with van der Waals surface area (Å²) in [5, 5.41) is 2.00. The quantitative estimate of drug-likeness (QED) is 0.861. The molecule has 1 fully saturated rings. The van der Waals surface area contributed by atoms with E-state index in [4.69, 9.17) is 0 Å². The number of hydrogen-bond acceptors (Lipinski definition) is 3. The van der Waals surface area contributed by atoms with E-state index in [9.17, 15) is 4.79 Å². The van der Waals surface area contributed by atoms with Gasteiger partial charge in [-0.05, 0) is 31.7 Å². The van der Waals surface area contributed by atoms with Crippen LogP contribution in [-0.4, -0.2) is 26.9 Å². The SMILES string of the molecule is Cc1cn(C)c([C@H]2CCCN2C(=O)c2csc(C(C)C)c2)n1. The zero-order valence-corrected chi connectivity index (χ0v) is 14.5. The number of aromatic nitrogens is 2. The number of amides is 1. The van der Waals surface area contributed by atoms with Gasteiger partial charge >= 0.3 is 0 Å². The van der Waals surface area contributed by atoms with Crippen molar-refractivity contribution >= 4 is 17.2 Å². The third-order valence-corrected chi connectivity index (χ3v) is 5.51.